The predicted molar refractivity (Wildman–Crippen MR) is 91.3 cm³/mol. The Morgan fingerprint density at radius 3 is 2.85 bits per heavy atom. The van der Waals surface area contributed by atoms with E-state index in [1.807, 2.05) is 22.7 Å². The van der Waals surface area contributed by atoms with Gasteiger partial charge < -0.3 is 5.32 Å². The second-order valence-corrected chi connectivity index (χ2v) is 8.76. The summed E-state index contributed by atoms with van der Waals surface area (Å²) in [6.07, 6.45) is 2.25. The molecule has 0 amide bonds. The van der Waals surface area contributed by atoms with Gasteiger partial charge >= 0.3 is 0 Å². The molecule has 0 radical (unpaired) electrons. The number of likely N-dealkylation sites (N-methyl/N-ethyl adjacent to an activating group) is 1. The number of hydrogen-bond donors (Lipinski definition) is 1. The molecule has 1 unspecified atom stereocenters. The molecule has 20 heavy (non-hydrogen) atoms. The average molecular weight is 325 g/mol. The van der Waals surface area contributed by atoms with Crippen molar-refractivity contribution in [2.75, 3.05) is 12.8 Å². The van der Waals surface area contributed by atoms with Gasteiger partial charge in [0, 0.05) is 32.8 Å². The first kappa shape index (κ1) is 14.6. The van der Waals surface area contributed by atoms with Crippen molar-refractivity contribution in [2.45, 2.75) is 38.5 Å². The van der Waals surface area contributed by atoms with Gasteiger partial charge in [0.25, 0.3) is 0 Å². The summed E-state index contributed by atoms with van der Waals surface area (Å²) in [5, 5.41) is 4.73. The SMILES string of the molecule is CNC(Cc1nc(C)c(C)s1)c1cc2c(s1)CCSC2. The summed E-state index contributed by atoms with van der Waals surface area (Å²) in [5.74, 6) is 2.47. The van der Waals surface area contributed by atoms with Gasteiger partial charge in [-0.3, -0.25) is 0 Å². The lowest BCUT2D eigenvalue weighted by atomic mass is 10.1. The highest BCUT2D eigenvalue weighted by Gasteiger charge is 2.20. The minimum Gasteiger partial charge on any atom is -0.312 e. The second-order valence-electron chi connectivity index (χ2n) is 5.19. The maximum atomic E-state index is 4.68. The van der Waals surface area contributed by atoms with Crippen LogP contribution in [0.3, 0.4) is 0 Å². The zero-order valence-electron chi connectivity index (χ0n) is 12.2. The van der Waals surface area contributed by atoms with Crippen molar-refractivity contribution in [3.8, 4) is 0 Å². The van der Waals surface area contributed by atoms with Crippen LogP contribution in [0.15, 0.2) is 6.07 Å². The molecule has 0 aliphatic carbocycles. The molecule has 0 saturated carbocycles. The normalized spacial score (nSPS) is 16.1. The molecule has 0 aromatic carbocycles. The monoisotopic (exact) mass is 324 g/mol. The van der Waals surface area contributed by atoms with Crippen LogP contribution in [-0.2, 0) is 18.6 Å². The standard InChI is InChI=1S/C15H20N2S3/c1-9-10(2)19-15(17-9)7-12(16-3)14-6-11-8-18-5-4-13(11)20-14/h6,12,16H,4-5,7-8H2,1-3H3. The number of rotatable bonds is 4. The lowest BCUT2D eigenvalue weighted by Gasteiger charge is -2.12. The minimum absolute atomic E-state index is 0.403. The Balaban J connectivity index is 1.80. The molecule has 0 fully saturated rings. The molecular formula is C15H20N2S3. The summed E-state index contributed by atoms with van der Waals surface area (Å²) >= 11 is 5.89. The van der Waals surface area contributed by atoms with E-state index < -0.39 is 0 Å². The van der Waals surface area contributed by atoms with Gasteiger partial charge in [-0.1, -0.05) is 0 Å². The Morgan fingerprint density at radius 1 is 1.35 bits per heavy atom. The first-order valence-electron chi connectivity index (χ1n) is 6.96. The lowest BCUT2D eigenvalue weighted by Crippen LogP contribution is -2.17. The van der Waals surface area contributed by atoms with Crippen LogP contribution >= 0.6 is 34.4 Å². The lowest BCUT2D eigenvalue weighted by molar-refractivity contribution is 0.599. The van der Waals surface area contributed by atoms with Gasteiger partial charge in [0.05, 0.1) is 10.7 Å². The van der Waals surface area contributed by atoms with Gasteiger partial charge in [-0.25, -0.2) is 4.98 Å². The van der Waals surface area contributed by atoms with Crippen molar-refractivity contribution in [1.82, 2.24) is 10.3 Å². The van der Waals surface area contributed by atoms with E-state index in [0.717, 1.165) is 6.42 Å². The molecule has 3 heterocycles. The third kappa shape index (κ3) is 2.96. The number of aromatic nitrogens is 1. The number of thiazole rings is 1. The highest BCUT2D eigenvalue weighted by Crippen LogP contribution is 2.35. The molecule has 3 rings (SSSR count). The number of nitrogens with one attached hydrogen (secondary N) is 1. The molecule has 0 bridgehead atoms. The van der Waals surface area contributed by atoms with Gasteiger partial charge in [-0.2, -0.15) is 11.8 Å². The van der Waals surface area contributed by atoms with E-state index in [0.29, 0.717) is 6.04 Å². The van der Waals surface area contributed by atoms with Gasteiger partial charge in [0.2, 0.25) is 0 Å². The molecule has 5 heteroatoms. The largest absolute Gasteiger partial charge is 0.312 e. The molecular weight excluding hydrogens is 304 g/mol. The molecule has 1 aliphatic rings. The minimum atomic E-state index is 0.403. The fraction of sp³-hybridized carbons (Fsp3) is 0.533. The summed E-state index contributed by atoms with van der Waals surface area (Å²) < 4.78 is 0. The summed E-state index contributed by atoms with van der Waals surface area (Å²) in [4.78, 5) is 9.11. The van der Waals surface area contributed by atoms with E-state index >= 15 is 0 Å². The van der Waals surface area contributed by atoms with Crippen LogP contribution < -0.4 is 5.32 Å². The smallest absolute Gasteiger partial charge is 0.0950 e. The van der Waals surface area contributed by atoms with Crippen LogP contribution in [0.2, 0.25) is 0 Å². The average Bonchev–Trinajstić information content (AvgIpc) is 3.00. The highest BCUT2D eigenvalue weighted by molar-refractivity contribution is 7.98. The zero-order valence-corrected chi connectivity index (χ0v) is 14.6. The van der Waals surface area contributed by atoms with Crippen molar-refractivity contribution in [3.63, 3.8) is 0 Å². The van der Waals surface area contributed by atoms with E-state index in [1.54, 1.807) is 10.4 Å². The Bertz CT molecular complexity index is 557. The van der Waals surface area contributed by atoms with Crippen LogP contribution in [-0.4, -0.2) is 17.8 Å². The van der Waals surface area contributed by atoms with Crippen LogP contribution in [0.1, 0.15) is 36.9 Å². The number of thioether (sulfide) groups is 1. The van der Waals surface area contributed by atoms with Gasteiger partial charge in [-0.15, -0.1) is 22.7 Å². The maximum Gasteiger partial charge on any atom is 0.0950 e. The second kappa shape index (κ2) is 6.18. The number of thiophene rings is 1. The van der Waals surface area contributed by atoms with E-state index in [1.165, 1.54) is 38.4 Å². The van der Waals surface area contributed by atoms with E-state index in [2.05, 4.69) is 49.0 Å². The topological polar surface area (TPSA) is 24.9 Å². The summed E-state index contributed by atoms with van der Waals surface area (Å²) in [6, 6.07) is 2.82. The Labute approximate surface area is 133 Å². The predicted octanol–water partition coefficient (Wildman–Crippen LogP) is 4.11. The van der Waals surface area contributed by atoms with Crippen molar-refractivity contribution in [1.29, 1.82) is 0 Å². The molecule has 1 atom stereocenters. The summed E-state index contributed by atoms with van der Waals surface area (Å²) in [6.45, 7) is 4.26. The molecule has 1 aliphatic heterocycles. The van der Waals surface area contributed by atoms with E-state index in [4.69, 9.17) is 0 Å². The Hall–Kier alpha value is -0.360. The third-order valence-electron chi connectivity index (χ3n) is 3.79. The number of fused-ring (bicyclic) bond motifs is 1. The van der Waals surface area contributed by atoms with Crippen LogP contribution in [0.5, 0.6) is 0 Å². The highest BCUT2D eigenvalue weighted by atomic mass is 32.2. The molecule has 0 spiro atoms. The van der Waals surface area contributed by atoms with Crippen molar-refractivity contribution >= 4 is 34.4 Å². The molecule has 0 saturated heterocycles. The number of hydrogen-bond acceptors (Lipinski definition) is 5. The Morgan fingerprint density at radius 2 is 2.20 bits per heavy atom. The molecule has 1 N–H and O–H groups in total. The van der Waals surface area contributed by atoms with E-state index in [-0.39, 0.29) is 0 Å². The maximum absolute atomic E-state index is 4.68. The summed E-state index contributed by atoms with van der Waals surface area (Å²) in [5.41, 5.74) is 2.75. The quantitative estimate of drug-likeness (QED) is 0.916. The third-order valence-corrected chi connectivity index (χ3v) is 7.24. The zero-order chi connectivity index (χ0) is 14.1. The van der Waals surface area contributed by atoms with Crippen molar-refractivity contribution in [2.24, 2.45) is 0 Å². The number of aryl methyl sites for hydroxylation is 3. The fourth-order valence-corrected chi connectivity index (χ4v) is 5.95. The molecule has 108 valence electrons. The molecule has 2 aromatic rings. The van der Waals surface area contributed by atoms with Gasteiger partial charge in [-0.05, 0) is 44.7 Å². The molecule has 2 aromatic heterocycles. The Kier molecular flexibility index (Phi) is 4.50. The van der Waals surface area contributed by atoms with Crippen LogP contribution in [0, 0.1) is 13.8 Å². The first-order chi connectivity index (χ1) is 9.67. The van der Waals surface area contributed by atoms with Crippen LogP contribution in [0.25, 0.3) is 0 Å². The van der Waals surface area contributed by atoms with Crippen LogP contribution in [0.4, 0.5) is 0 Å². The van der Waals surface area contributed by atoms with Crippen molar-refractivity contribution in [3.05, 3.63) is 37.0 Å². The molecule has 2 nitrogen and oxygen atoms in total. The van der Waals surface area contributed by atoms with Crippen molar-refractivity contribution < 1.29 is 0 Å². The van der Waals surface area contributed by atoms with Gasteiger partial charge in [0.1, 0.15) is 0 Å². The van der Waals surface area contributed by atoms with Gasteiger partial charge in [0.15, 0.2) is 0 Å². The van der Waals surface area contributed by atoms with E-state index in [9.17, 15) is 0 Å². The number of nitrogens with zero attached hydrogens (tertiary/aromatic N) is 1. The first-order valence-corrected chi connectivity index (χ1v) is 9.75. The fourth-order valence-electron chi connectivity index (χ4n) is 2.49. The summed E-state index contributed by atoms with van der Waals surface area (Å²) in [7, 11) is 2.06.